The van der Waals surface area contributed by atoms with Gasteiger partial charge in [-0.15, -0.1) is 0 Å². The highest BCUT2D eigenvalue weighted by atomic mass is 32.2. The molecule has 1 fully saturated rings. The minimum absolute atomic E-state index is 0.332. The van der Waals surface area contributed by atoms with Crippen molar-refractivity contribution >= 4 is 10.0 Å². The Labute approximate surface area is 105 Å². The first-order valence-electron chi connectivity index (χ1n) is 5.93. The van der Waals surface area contributed by atoms with E-state index in [-0.39, 0.29) is 4.90 Å². The van der Waals surface area contributed by atoms with Crippen LogP contribution in [-0.4, -0.2) is 15.0 Å². The molecule has 0 heterocycles. The molecular formula is C12H15F2NO2S. The van der Waals surface area contributed by atoms with Crippen LogP contribution in [0.3, 0.4) is 0 Å². The molecule has 1 aliphatic carbocycles. The highest BCUT2D eigenvalue weighted by Gasteiger charge is 2.20. The van der Waals surface area contributed by atoms with Gasteiger partial charge in [-0.1, -0.05) is 12.8 Å². The minimum Gasteiger partial charge on any atom is -0.211 e. The van der Waals surface area contributed by atoms with Gasteiger partial charge in [-0.3, -0.25) is 0 Å². The molecule has 0 amide bonds. The van der Waals surface area contributed by atoms with Crippen molar-refractivity contribution in [1.29, 1.82) is 0 Å². The topological polar surface area (TPSA) is 46.2 Å². The first-order valence-corrected chi connectivity index (χ1v) is 7.41. The summed E-state index contributed by atoms with van der Waals surface area (Å²) in [5, 5.41) is 0. The van der Waals surface area contributed by atoms with Gasteiger partial charge in [-0.25, -0.2) is 21.9 Å². The minimum atomic E-state index is -3.82. The zero-order chi connectivity index (χ0) is 13.2. The van der Waals surface area contributed by atoms with Crippen LogP contribution in [0.5, 0.6) is 0 Å². The van der Waals surface area contributed by atoms with E-state index in [4.69, 9.17) is 0 Å². The SMILES string of the molecule is O=S(=O)(NCC1CCCC1)c1cc(F)cc(F)c1. The zero-order valence-electron chi connectivity index (χ0n) is 9.83. The Hall–Kier alpha value is -1.01. The van der Waals surface area contributed by atoms with Crippen LogP contribution in [0.15, 0.2) is 23.1 Å². The maximum absolute atomic E-state index is 13.0. The van der Waals surface area contributed by atoms with Gasteiger partial charge in [-0.05, 0) is 30.9 Å². The Morgan fingerprint density at radius 1 is 1.11 bits per heavy atom. The molecule has 0 spiro atoms. The van der Waals surface area contributed by atoms with Gasteiger partial charge in [0.05, 0.1) is 4.90 Å². The Kier molecular flexibility index (Phi) is 3.97. The smallest absolute Gasteiger partial charge is 0.211 e. The van der Waals surface area contributed by atoms with E-state index in [0.29, 0.717) is 18.5 Å². The van der Waals surface area contributed by atoms with Crippen LogP contribution < -0.4 is 4.72 Å². The van der Waals surface area contributed by atoms with Gasteiger partial charge in [0.2, 0.25) is 10.0 Å². The fourth-order valence-corrected chi connectivity index (χ4v) is 3.37. The van der Waals surface area contributed by atoms with Crippen molar-refractivity contribution < 1.29 is 17.2 Å². The van der Waals surface area contributed by atoms with E-state index in [9.17, 15) is 17.2 Å². The lowest BCUT2D eigenvalue weighted by Gasteiger charge is -2.11. The number of benzene rings is 1. The first kappa shape index (κ1) is 13.4. The summed E-state index contributed by atoms with van der Waals surface area (Å²) in [7, 11) is -3.82. The second kappa shape index (κ2) is 5.32. The second-order valence-corrected chi connectivity index (χ2v) is 6.37. The van der Waals surface area contributed by atoms with E-state index >= 15 is 0 Å². The highest BCUT2D eigenvalue weighted by Crippen LogP contribution is 2.24. The average molecular weight is 275 g/mol. The summed E-state index contributed by atoms with van der Waals surface area (Å²) in [6.45, 7) is 0.334. The number of hydrogen-bond donors (Lipinski definition) is 1. The molecule has 1 saturated carbocycles. The lowest BCUT2D eigenvalue weighted by molar-refractivity contribution is 0.517. The molecule has 0 aliphatic heterocycles. The molecule has 1 aromatic carbocycles. The molecular weight excluding hydrogens is 260 g/mol. The Balaban J connectivity index is 2.09. The number of rotatable bonds is 4. The maximum Gasteiger partial charge on any atom is 0.240 e. The lowest BCUT2D eigenvalue weighted by atomic mass is 10.1. The monoisotopic (exact) mass is 275 g/mol. The van der Waals surface area contributed by atoms with E-state index in [1.54, 1.807) is 0 Å². The third kappa shape index (κ3) is 3.26. The van der Waals surface area contributed by atoms with Crippen LogP contribution in [0.1, 0.15) is 25.7 Å². The third-order valence-corrected chi connectivity index (χ3v) is 4.59. The molecule has 0 bridgehead atoms. The molecule has 0 unspecified atom stereocenters. The molecule has 6 heteroatoms. The normalized spacial score (nSPS) is 17.2. The van der Waals surface area contributed by atoms with Gasteiger partial charge >= 0.3 is 0 Å². The predicted octanol–water partition coefficient (Wildman–Crippen LogP) is 2.43. The zero-order valence-corrected chi connectivity index (χ0v) is 10.6. The summed E-state index contributed by atoms with van der Waals surface area (Å²) in [5.41, 5.74) is 0. The number of hydrogen-bond acceptors (Lipinski definition) is 2. The van der Waals surface area contributed by atoms with Crippen LogP contribution in [0.25, 0.3) is 0 Å². The molecule has 1 aliphatic rings. The van der Waals surface area contributed by atoms with E-state index in [2.05, 4.69) is 4.72 Å². The number of sulfonamides is 1. The molecule has 1 aromatic rings. The van der Waals surface area contributed by atoms with Gasteiger partial charge in [0.15, 0.2) is 0 Å². The fraction of sp³-hybridized carbons (Fsp3) is 0.500. The van der Waals surface area contributed by atoms with Gasteiger partial charge in [0, 0.05) is 12.6 Å². The Morgan fingerprint density at radius 3 is 2.22 bits per heavy atom. The number of halogens is 2. The largest absolute Gasteiger partial charge is 0.240 e. The summed E-state index contributed by atoms with van der Waals surface area (Å²) in [4.78, 5) is -0.363. The van der Waals surface area contributed by atoms with Crippen LogP contribution in [-0.2, 0) is 10.0 Å². The summed E-state index contributed by atoms with van der Waals surface area (Å²) in [6, 6.07) is 2.29. The third-order valence-electron chi connectivity index (χ3n) is 3.18. The van der Waals surface area contributed by atoms with Crippen molar-refractivity contribution in [3.05, 3.63) is 29.8 Å². The quantitative estimate of drug-likeness (QED) is 0.917. The van der Waals surface area contributed by atoms with Gasteiger partial charge in [-0.2, -0.15) is 0 Å². The summed E-state index contributed by atoms with van der Waals surface area (Å²) in [6.07, 6.45) is 4.22. The van der Waals surface area contributed by atoms with E-state index in [0.717, 1.165) is 37.8 Å². The van der Waals surface area contributed by atoms with E-state index in [1.165, 1.54) is 0 Å². The van der Waals surface area contributed by atoms with Gasteiger partial charge < -0.3 is 0 Å². The molecule has 1 N–H and O–H groups in total. The first-order chi connectivity index (χ1) is 8.47. The molecule has 0 atom stereocenters. The average Bonchev–Trinajstić information content (AvgIpc) is 2.78. The van der Waals surface area contributed by atoms with Crippen molar-refractivity contribution in [3.8, 4) is 0 Å². The Bertz CT molecular complexity index is 505. The predicted molar refractivity (Wildman–Crippen MR) is 63.5 cm³/mol. The van der Waals surface area contributed by atoms with Crippen molar-refractivity contribution in [2.24, 2.45) is 5.92 Å². The van der Waals surface area contributed by atoms with Gasteiger partial charge in [0.25, 0.3) is 0 Å². The molecule has 18 heavy (non-hydrogen) atoms. The van der Waals surface area contributed by atoms with E-state index in [1.807, 2.05) is 0 Å². The summed E-state index contributed by atoms with van der Waals surface area (Å²) in [5.74, 6) is -1.45. The van der Waals surface area contributed by atoms with E-state index < -0.39 is 21.7 Å². The van der Waals surface area contributed by atoms with Crippen molar-refractivity contribution in [2.45, 2.75) is 30.6 Å². The summed E-state index contributed by atoms with van der Waals surface area (Å²) < 4.78 is 52.0. The molecule has 0 saturated heterocycles. The Morgan fingerprint density at radius 2 is 1.67 bits per heavy atom. The second-order valence-electron chi connectivity index (χ2n) is 4.61. The van der Waals surface area contributed by atoms with Crippen LogP contribution in [0.4, 0.5) is 8.78 Å². The van der Waals surface area contributed by atoms with Crippen molar-refractivity contribution in [1.82, 2.24) is 4.72 Å². The maximum atomic E-state index is 13.0. The van der Waals surface area contributed by atoms with Crippen LogP contribution in [0, 0.1) is 17.6 Å². The molecule has 3 nitrogen and oxygen atoms in total. The van der Waals surface area contributed by atoms with Crippen LogP contribution >= 0.6 is 0 Å². The molecule has 2 rings (SSSR count). The van der Waals surface area contributed by atoms with Crippen LogP contribution in [0.2, 0.25) is 0 Å². The standard InChI is InChI=1S/C12H15F2NO2S/c13-10-5-11(14)7-12(6-10)18(16,17)15-8-9-3-1-2-4-9/h5-7,9,15H,1-4,8H2. The van der Waals surface area contributed by atoms with Crippen molar-refractivity contribution in [3.63, 3.8) is 0 Å². The molecule has 100 valence electrons. The fourth-order valence-electron chi connectivity index (χ4n) is 2.21. The molecule has 0 aromatic heterocycles. The van der Waals surface area contributed by atoms with Crippen molar-refractivity contribution in [2.75, 3.05) is 6.54 Å². The summed E-state index contributed by atoms with van der Waals surface area (Å²) >= 11 is 0. The van der Waals surface area contributed by atoms with Gasteiger partial charge in [0.1, 0.15) is 11.6 Å². The molecule has 0 radical (unpaired) electrons. The highest BCUT2D eigenvalue weighted by molar-refractivity contribution is 7.89. The number of nitrogens with one attached hydrogen (secondary N) is 1. The lowest BCUT2D eigenvalue weighted by Crippen LogP contribution is -2.28.